The number of aliphatic hydroxyl groups excluding tert-OH is 1. The summed E-state index contributed by atoms with van der Waals surface area (Å²) in [5, 5.41) is 12.2. The van der Waals surface area contributed by atoms with E-state index in [0.29, 0.717) is 13.0 Å². The average Bonchev–Trinajstić information content (AvgIpc) is 2.67. The molecular weight excluding hydrogens is 336 g/mol. The third-order valence-electron chi connectivity index (χ3n) is 5.25. The molecule has 0 heterocycles. The summed E-state index contributed by atoms with van der Waals surface area (Å²) in [5.41, 5.74) is 0. The van der Waals surface area contributed by atoms with E-state index >= 15 is 0 Å². The first-order chi connectivity index (χ1) is 13.2. The minimum absolute atomic E-state index is 0.155. The van der Waals surface area contributed by atoms with Gasteiger partial charge in [-0.1, -0.05) is 90.9 Å². The minimum atomic E-state index is 0.155. The Morgan fingerprint density at radius 2 is 1.22 bits per heavy atom. The number of amides is 1. The molecule has 0 radical (unpaired) electrons. The third kappa shape index (κ3) is 19.9. The summed E-state index contributed by atoms with van der Waals surface area (Å²) in [4.78, 5) is 14.2. The van der Waals surface area contributed by atoms with Crippen molar-refractivity contribution in [2.75, 3.05) is 32.8 Å². The molecule has 0 aromatic heterocycles. The van der Waals surface area contributed by atoms with Crippen LogP contribution in [0.4, 0.5) is 0 Å². The molecule has 2 N–H and O–H groups in total. The molecule has 0 spiro atoms. The third-order valence-corrected chi connectivity index (χ3v) is 5.25. The number of carbonyl (C=O) groups excluding carboxylic acids is 1. The molecule has 27 heavy (non-hydrogen) atoms. The Morgan fingerprint density at radius 3 is 1.78 bits per heavy atom. The van der Waals surface area contributed by atoms with Crippen molar-refractivity contribution in [3.8, 4) is 0 Å². The quantitative estimate of drug-likeness (QED) is 0.264. The molecule has 0 aromatic rings. The molecule has 4 nitrogen and oxygen atoms in total. The van der Waals surface area contributed by atoms with Crippen LogP contribution < -0.4 is 5.32 Å². The maximum atomic E-state index is 12.0. The predicted octanol–water partition coefficient (Wildman–Crippen LogP) is 5.29. The highest BCUT2D eigenvalue weighted by Crippen LogP contribution is 2.10. The molecule has 0 unspecified atom stereocenters. The topological polar surface area (TPSA) is 52.6 Å². The Hall–Kier alpha value is -0.610. The first-order valence-electron chi connectivity index (χ1n) is 11.8. The first kappa shape index (κ1) is 26.4. The van der Waals surface area contributed by atoms with Gasteiger partial charge in [0.15, 0.2) is 0 Å². The van der Waals surface area contributed by atoms with E-state index in [4.69, 9.17) is 0 Å². The van der Waals surface area contributed by atoms with E-state index in [1.807, 2.05) is 0 Å². The predicted molar refractivity (Wildman–Crippen MR) is 117 cm³/mol. The molecule has 1 amide bonds. The van der Waals surface area contributed by atoms with Crippen LogP contribution in [0.25, 0.3) is 0 Å². The summed E-state index contributed by atoms with van der Waals surface area (Å²) in [7, 11) is 0. The van der Waals surface area contributed by atoms with Crippen molar-refractivity contribution in [1.82, 2.24) is 10.2 Å². The minimum Gasteiger partial charge on any atom is -0.395 e. The molecule has 4 heteroatoms. The molecule has 0 atom stereocenters. The smallest absolute Gasteiger partial charge is 0.221 e. The van der Waals surface area contributed by atoms with Gasteiger partial charge in [-0.05, 0) is 19.4 Å². The Balaban J connectivity index is 3.50. The number of nitrogens with zero attached hydrogens (tertiary/aromatic N) is 1. The Bertz CT molecular complexity index is 311. The number of hydrogen-bond acceptors (Lipinski definition) is 3. The fraction of sp³-hybridized carbons (Fsp3) is 0.957. The van der Waals surface area contributed by atoms with Crippen molar-refractivity contribution < 1.29 is 9.90 Å². The van der Waals surface area contributed by atoms with Gasteiger partial charge in [-0.2, -0.15) is 0 Å². The van der Waals surface area contributed by atoms with E-state index < -0.39 is 0 Å². The van der Waals surface area contributed by atoms with E-state index in [0.717, 1.165) is 32.5 Å². The highest BCUT2D eigenvalue weighted by atomic mass is 16.3. The van der Waals surface area contributed by atoms with Crippen molar-refractivity contribution in [2.45, 2.75) is 110 Å². The molecule has 0 bridgehead atoms. The van der Waals surface area contributed by atoms with Crippen LogP contribution in [0.3, 0.4) is 0 Å². The fourth-order valence-electron chi connectivity index (χ4n) is 3.43. The second kappa shape index (κ2) is 21.7. The van der Waals surface area contributed by atoms with Gasteiger partial charge in [0.1, 0.15) is 0 Å². The molecule has 0 aliphatic carbocycles. The van der Waals surface area contributed by atoms with Crippen LogP contribution in [0.5, 0.6) is 0 Å². The lowest BCUT2D eigenvalue weighted by atomic mass is 10.1. The van der Waals surface area contributed by atoms with Crippen LogP contribution in [-0.4, -0.2) is 48.7 Å². The SMILES string of the molecule is CCCCCCCCCCCCNC(=O)CCN(CCO)CCCCCC. The zero-order valence-corrected chi connectivity index (χ0v) is 18.4. The highest BCUT2D eigenvalue weighted by molar-refractivity contribution is 5.75. The summed E-state index contributed by atoms with van der Waals surface area (Å²) in [6, 6.07) is 0. The molecule has 0 saturated heterocycles. The van der Waals surface area contributed by atoms with Gasteiger partial charge in [0.25, 0.3) is 0 Å². The Kier molecular flexibility index (Phi) is 21.2. The number of aliphatic hydroxyl groups is 1. The zero-order valence-electron chi connectivity index (χ0n) is 18.4. The zero-order chi connectivity index (χ0) is 20.0. The van der Waals surface area contributed by atoms with Crippen molar-refractivity contribution in [3.05, 3.63) is 0 Å². The lowest BCUT2D eigenvalue weighted by molar-refractivity contribution is -0.121. The number of nitrogens with one attached hydrogen (secondary N) is 1. The molecular formula is C23H48N2O2. The standard InChI is InChI=1S/C23H48N2O2/c1-3-5-7-9-10-11-12-13-14-15-18-24-23(27)17-20-25(21-22-26)19-16-8-6-4-2/h26H,3-22H2,1-2H3,(H,24,27). The average molecular weight is 385 g/mol. The van der Waals surface area contributed by atoms with E-state index in [-0.39, 0.29) is 12.5 Å². The maximum absolute atomic E-state index is 12.0. The van der Waals surface area contributed by atoms with Gasteiger partial charge in [0.2, 0.25) is 5.91 Å². The summed E-state index contributed by atoms with van der Waals surface area (Å²) in [6.45, 7) is 7.89. The maximum Gasteiger partial charge on any atom is 0.221 e. The summed E-state index contributed by atoms with van der Waals surface area (Å²) in [5.74, 6) is 0.155. The lowest BCUT2D eigenvalue weighted by Crippen LogP contribution is -2.33. The normalized spacial score (nSPS) is 11.3. The Labute approximate surface area is 169 Å². The van der Waals surface area contributed by atoms with Gasteiger partial charge >= 0.3 is 0 Å². The second-order valence-electron chi connectivity index (χ2n) is 7.91. The molecule has 0 fully saturated rings. The van der Waals surface area contributed by atoms with E-state index in [1.165, 1.54) is 77.0 Å². The molecule has 0 saturated carbocycles. The Morgan fingerprint density at radius 1 is 0.704 bits per heavy atom. The molecule has 162 valence electrons. The van der Waals surface area contributed by atoms with Crippen LogP contribution in [-0.2, 0) is 4.79 Å². The van der Waals surface area contributed by atoms with Crippen molar-refractivity contribution in [1.29, 1.82) is 0 Å². The summed E-state index contributed by atoms with van der Waals surface area (Å²) >= 11 is 0. The van der Waals surface area contributed by atoms with Crippen molar-refractivity contribution >= 4 is 5.91 Å². The van der Waals surface area contributed by atoms with Gasteiger partial charge in [-0.3, -0.25) is 4.79 Å². The number of carbonyl (C=O) groups is 1. The van der Waals surface area contributed by atoms with Crippen LogP contribution in [0.1, 0.15) is 110 Å². The second-order valence-corrected chi connectivity index (χ2v) is 7.91. The van der Waals surface area contributed by atoms with Gasteiger partial charge in [-0.25, -0.2) is 0 Å². The monoisotopic (exact) mass is 384 g/mol. The summed E-state index contributed by atoms with van der Waals surface area (Å²) < 4.78 is 0. The number of rotatable bonds is 21. The molecule has 0 aromatic carbocycles. The first-order valence-corrected chi connectivity index (χ1v) is 11.8. The lowest BCUT2D eigenvalue weighted by Gasteiger charge is -2.20. The largest absolute Gasteiger partial charge is 0.395 e. The van der Waals surface area contributed by atoms with Crippen LogP contribution >= 0.6 is 0 Å². The van der Waals surface area contributed by atoms with Crippen LogP contribution in [0.15, 0.2) is 0 Å². The van der Waals surface area contributed by atoms with Gasteiger partial charge in [0, 0.05) is 26.1 Å². The van der Waals surface area contributed by atoms with E-state index in [2.05, 4.69) is 24.1 Å². The van der Waals surface area contributed by atoms with Gasteiger partial charge in [0.05, 0.1) is 6.61 Å². The summed E-state index contributed by atoms with van der Waals surface area (Å²) in [6.07, 6.45) is 18.7. The van der Waals surface area contributed by atoms with Gasteiger partial charge in [-0.15, -0.1) is 0 Å². The molecule has 0 aliphatic rings. The van der Waals surface area contributed by atoms with E-state index in [9.17, 15) is 9.90 Å². The number of unbranched alkanes of at least 4 members (excludes halogenated alkanes) is 12. The van der Waals surface area contributed by atoms with Crippen LogP contribution in [0, 0.1) is 0 Å². The highest BCUT2D eigenvalue weighted by Gasteiger charge is 2.07. The molecule has 0 rings (SSSR count). The molecule has 0 aliphatic heterocycles. The fourth-order valence-corrected chi connectivity index (χ4v) is 3.43. The number of hydrogen-bond donors (Lipinski definition) is 2. The van der Waals surface area contributed by atoms with Crippen molar-refractivity contribution in [2.24, 2.45) is 0 Å². The van der Waals surface area contributed by atoms with E-state index in [1.54, 1.807) is 0 Å². The van der Waals surface area contributed by atoms with Crippen LogP contribution in [0.2, 0.25) is 0 Å². The van der Waals surface area contributed by atoms with Gasteiger partial charge < -0.3 is 15.3 Å². The van der Waals surface area contributed by atoms with Crippen molar-refractivity contribution in [3.63, 3.8) is 0 Å².